The van der Waals surface area contributed by atoms with Crippen molar-refractivity contribution >= 4 is 27.1 Å². The van der Waals surface area contributed by atoms with Crippen LogP contribution in [0.3, 0.4) is 0 Å². The molecule has 1 saturated heterocycles. The zero-order valence-corrected chi connectivity index (χ0v) is 10.2. The minimum atomic E-state index is -2.88. The molecule has 2 unspecified atom stereocenters. The number of nitrogens with one attached hydrogen (secondary N) is 1. The second-order valence-corrected chi connectivity index (χ2v) is 7.10. The molecule has 0 bridgehead atoms. The summed E-state index contributed by atoms with van der Waals surface area (Å²) in [6.07, 6.45) is 0.679. The molecule has 0 aromatic heterocycles. The molecule has 0 radical (unpaired) electrons. The van der Waals surface area contributed by atoms with Gasteiger partial charge in [-0.2, -0.15) is 0 Å². The zero-order valence-electron chi connectivity index (χ0n) is 8.61. The maximum atomic E-state index is 11.6. The normalized spacial score (nSPS) is 30.3. The van der Waals surface area contributed by atoms with Gasteiger partial charge in [-0.1, -0.05) is 23.7 Å². The number of hydrogen-bond acceptors (Lipinski definition) is 3. The number of hydrogen-bond donors (Lipinski definition) is 1. The molecule has 2 heterocycles. The van der Waals surface area contributed by atoms with E-state index in [1.165, 1.54) is 0 Å². The van der Waals surface area contributed by atoms with Crippen molar-refractivity contribution in [1.82, 2.24) is 0 Å². The fraction of sp³-hybridized carbons (Fsp3) is 0.455. The van der Waals surface area contributed by atoms with Crippen molar-refractivity contribution in [3.05, 3.63) is 28.8 Å². The van der Waals surface area contributed by atoms with Crippen LogP contribution in [0.25, 0.3) is 0 Å². The predicted octanol–water partition coefficient (Wildman–Crippen LogP) is 2.04. The second-order valence-electron chi connectivity index (χ2n) is 4.46. The van der Waals surface area contributed by atoms with Crippen molar-refractivity contribution in [2.24, 2.45) is 0 Å². The number of anilines is 1. The zero-order chi connectivity index (χ0) is 11.3. The van der Waals surface area contributed by atoms with E-state index in [1.54, 1.807) is 0 Å². The van der Waals surface area contributed by atoms with E-state index in [-0.39, 0.29) is 23.5 Å². The Kier molecular flexibility index (Phi) is 2.20. The van der Waals surface area contributed by atoms with Gasteiger partial charge in [0.05, 0.1) is 22.2 Å². The van der Waals surface area contributed by atoms with E-state index in [1.807, 2.05) is 18.2 Å². The quantitative estimate of drug-likeness (QED) is 0.774. The fourth-order valence-corrected chi connectivity index (χ4v) is 4.62. The summed E-state index contributed by atoms with van der Waals surface area (Å²) in [6.45, 7) is 0. The fourth-order valence-electron chi connectivity index (χ4n) is 2.65. The lowest BCUT2D eigenvalue weighted by molar-refractivity contribution is 0.539. The van der Waals surface area contributed by atoms with Gasteiger partial charge >= 0.3 is 0 Å². The molecule has 16 heavy (non-hydrogen) atoms. The Balaban J connectivity index is 2.07. The lowest BCUT2D eigenvalue weighted by Gasteiger charge is -2.25. The molecular weight excluding hydrogens is 246 g/mol. The summed E-state index contributed by atoms with van der Waals surface area (Å²) >= 11 is 6.09. The molecule has 2 aliphatic rings. The van der Waals surface area contributed by atoms with Crippen molar-refractivity contribution in [3.63, 3.8) is 0 Å². The molecule has 5 heteroatoms. The third-order valence-corrected chi connectivity index (χ3v) is 5.47. The highest BCUT2D eigenvalue weighted by Gasteiger charge is 2.40. The summed E-state index contributed by atoms with van der Waals surface area (Å²) in [4.78, 5) is 0. The molecular formula is C11H12ClNO2S. The standard InChI is InChI=1S/C11H12ClNO2S/c12-9-3-1-2-7-8-6-16(14,15)5-4-10(8)13-11(7)9/h1-3,8,10,13H,4-6H2. The summed E-state index contributed by atoms with van der Waals surface area (Å²) < 4.78 is 23.3. The van der Waals surface area contributed by atoms with Crippen LogP contribution < -0.4 is 5.32 Å². The van der Waals surface area contributed by atoms with Crippen LogP contribution in [0, 0.1) is 0 Å². The topological polar surface area (TPSA) is 46.2 Å². The lowest BCUT2D eigenvalue weighted by Crippen LogP contribution is -2.35. The van der Waals surface area contributed by atoms with Gasteiger partial charge in [0.15, 0.2) is 9.84 Å². The number of sulfone groups is 1. The molecule has 0 amide bonds. The van der Waals surface area contributed by atoms with Crippen LogP contribution in [-0.4, -0.2) is 26.0 Å². The third-order valence-electron chi connectivity index (χ3n) is 3.43. The Morgan fingerprint density at radius 2 is 2.19 bits per heavy atom. The number of halogens is 1. The maximum Gasteiger partial charge on any atom is 0.151 e. The van der Waals surface area contributed by atoms with Crippen LogP contribution in [0.5, 0.6) is 0 Å². The van der Waals surface area contributed by atoms with Crippen LogP contribution in [0.2, 0.25) is 5.02 Å². The van der Waals surface area contributed by atoms with E-state index >= 15 is 0 Å². The molecule has 0 spiro atoms. The van der Waals surface area contributed by atoms with Gasteiger partial charge in [-0.25, -0.2) is 8.42 Å². The monoisotopic (exact) mass is 257 g/mol. The number of rotatable bonds is 0. The number of fused-ring (bicyclic) bond motifs is 3. The van der Waals surface area contributed by atoms with Gasteiger partial charge < -0.3 is 5.32 Å². The van der Waals surface area contributed by atoms with Crippen molar-refractivity contribution in [3.8, 4) is 0 Å². The second kappa shape index (κ2) is 3.37. The number of benzene rings is 1. The molecule has 1 aromatic rings. The lowest BCUT2D eigenvalue weighted by atomic mass is 9.95. The summed E-state index contributed by atoms with van der Waals surface area (Å²) in [7, 11) is -2.88. The first kappa shape index (κ1) is 10.4. The van der Waals surface area contributed by atoms with Crippen LogP contribution in [-0.2, 0) is 9.84 Å². The van der Waals surface area contributed by atoms with Gasteiger partial charge in [0, 0.05) is 12.0 Å². The summed E-state index contributed by atoms with van der Waals surface area (Å²) in [5, 5.41) is 4.03. The van der Waals surface area contributed by atoms with Crippen molar-refractivity contribution < 1.29 is 8.42 Å². The highest BCUT2D eigenvalue weighted by atomic mass is 35.5. The van der Waals surface area contributed by atoms with E-state index < -0.39 is 9.84 Å². The summed E-state index contributed by atoms with van der Waals surface area (Å²) in [6, 6.07) is 5.92. The van der Waals surface area contributed by atoms with E-state index in [9.17, 15) is 8.42 Å². The van der Waals surface area contributed by atoms with Gasteiger partial charge in [0.25, 0.3) is 0 Å². The molecule has 86 valence electrons. The van der Waals surface area contributed by atoms with Crippen LogP contribution >= 0.6 is 11.6 Å². The molecule has 2 aliphatic heterocycles. The summed E-state index contributed by atoms with van der Waals surface area (Å²) in [5.74, 6) is 0.609. The Bertz CT molecular complexity index is 541. The molecule has 1 aromatic carbocycles. The molecule has 2 atom stereocenters. The van der Waals surface area contributed by atoms with Crippen LogP contribution in [0.15, 0.2) is 18.2 Å². The first-order valence-corrected chi connectivity index (χ1v) is 7.52. The van der Waals surface area contributed by atoms with Crippen molar-refractivity contribution in [1.29, 1.82) is 0 Å². The number of para-hydroxylation sites is 1. The van der Waals surface area contributed by atoms with Crippen molar-refractivity contribution in [2.75, 3.05) is 16.8 Å². The average molecular weight is 258 g/mol. The Morgan fingerprint density at radius 1 is 1.38 bits per heavy atom. The van der Waals surface area contributed by atoms with E-state index in [4.69, 9.17) is 11.6 Å². The average Bonchev–Trinajstić information content (AvgIpc) is 2.57. The highest BCUT2D eigenvalue weighted by Crippen LogP contribution is 2.43. The summed E-state index contributed by atoms with van der Waals surface area (Å²) in [5.41, 5.74) is 1.98. The molecule has 1 fully saturated rings. The molecule has 0 aliphatic carbocycles. The SMILES string of the molecule is O=S1(=O)CCC2Nc3c(Cl)cccc3C2C1. The minimum absolute atomic E-state index is 0.0763. The van der Waals surface area contributed by atoms with Gasteiger partial charge in [0.2, 0.25) is 0 Å². The first-order chi connectivity index (χ1) is 7.57. The molecule has 3 nitrogen and oxygen atoms in total. The smallest absolute Gasteiger partial charge is 0.151 e. The van der Waals surface area contributed by atoms with Gasteiger partial charge in [-0.05, 0) is 18.1 Å². The molecule has 1 N–H and O–H groups in total. The Morgan fingerprint density at radius 3 is 3.00 bits per heavy atom. The predicted molar refractivity (Wildman–Crippen MR) is 64.9 cm³/mol. The van der Waals surface area contributed by atoms with Crippen molar-refractivity contribution in [2.45, 2.75) is 18.4 Å². The third kappa shape index (κ3) is 1.52. The Labute approximate surface area is 99.7 Å². The highest BCUT2D eigenvalue weighted by molar-refractivity contribution is 7.91. The van der Waals surface area contributed by atoms with Gasteiger partial charge in [0.1, 0.15) is 0 Å². The maximum absolute atomic E-state index is 11.6. The Hall–Kier alpha value is -0.740. The molecule has 3 rings (SSSR count). The minimum Gasteiger partial charge on any atom is -0.380 e. The van der Waals surface area contributed by atoms with E-state index in [2.05, 4.69) is 5.32 Å². The molecule has 0 saturated carbocycles. The van der Waals surface area contributed by atoms with Crippen LogP contribution in [0.4, 0.5) is 5.69 Å². The van der Waals surface area contributed by atoms with E-state index in [0.29, 0.717) is 11.4 Å². The van der Waals surface area contributed by atoms with Gasteiger partial charge in [-0.3, -0.25) is 0 Å². The largest absolute Gasteiger partial charge is 0.380 e. The van der Waals surface area contributed by atoms with E-state index in [0.717, 1.165) is 11.3 Å². The van der Waals surface area contributed by atoms with Gasteiger partial charge in [-0.15, -0.1) is 0 Å². The first-order valence-electron chi connectivity index (χ1n) is 5.32. The van der Waals surface area contributed by atoms with Crippen LogP contribution in [0.1, 0.15) is 17.9 Å².